The van der Waals surface area contributed by atoms with E-state index in [9.17, 15) is 9.59 Å². The molecule has 7 nitrogen and oxygen atoms in total. The second-order valence-electron chi connectivity index (χ2n) is 7.60. The van der Waals surface area contributed by atoms with Crippen molar-refractivity contribution < 1.29 is 24.2 Å². The van der Waals surface area contributed by atoms with Crippen LogP contribution in [0.5, 0.6) is 11.5 Å². The molecule has 2 aliphatic rings. The fourth-order valence-corrected chi connectivity index (χ4v) is 4.30. The van der Waals surface area contributed by atoms with Crippen LogP contribution in [0.2, 0.25) is 0 Å². The van der Waals surface area contributed by atoms with E-state index in [1.54, 1.807) is 18.2 Å². The van der Waals surface area contributed by atoms with Crippen molar-refractivity contribution in [1.29, 1.82) is 0 Å². The van der Waals surface area contributed by atoms with Gasteiger partial charge in [-0.25, -0.2) is 0 Å². The number of carbonyl (C=O) groups excluding carboxylic acids is 2. The monoisotopic (exact) mass is 410 g/mol. The fourth-order valence-electron chi connectivity index (χ4n) is 4.30. The molecular formula is C23H26N2O5. The summed E-state index contributed by atoms with van der Waals surface area (Å²) in [6.07, 6.45) is 0. The number of ether oxygens (including phenoxy) is 2. The number of benzene rings is 2. The number of aliphatic hydroxyl groups excluding tert-OH is 1. The molecule has 0 spiro atoms. The quantitative estimate of drug-likeness (QED) is 0.661. The summed E-state index contributed by atoms with van der Waals surface area (Å²) in [5.41, 5.74) is 2.28. The van der Waals surface area contributed by atoms with Gasteiger partial charge in [0.1, 0.15) is 11.5 Å². The second-order valence-corrected chi connectivity index (χ2v) is 7.60. The van der Waals surface area contributed by atoms with Crippen LogP contribution < -0.4 is 9.47 Å². The van der Waals surface area contributed by atoms with E-state index in [-0.39, 0.29) is 18.2 Å². The topological polar surface area (TPSA) is 79.3 Å². The van der Waals surface area contributed by atoms with Gasteiger partial charge in [0.15, 0.2) is 5.78 Å². The van der Waals surface area contributed by atoms with E-state index in [0.29, 0.717) is 46.8 Å². The van der Waals surface area contributed by atoms with Crippen LogP contribution in [0.1, 0.15) is 37.4 Å². The maximum absolute atomic E-state index is 13.3. The van der Waals surface area contributed by atoms with Crippen molar-refractivity contribution in [2.75, 3.05) is 53.6 Å². The van der Waals surface area contributed by atoms with E-state index in [2.05, 4.69) is 9.80 Å². The maximum Gasteiger partial charge on any atom is 0.201 e. The zero-order valence-electron chi connectivity index (χ0n) is 17.3. The van der Waals surface area contributed by atoms with Gasteiger partial charge in [-0.2, -0.15) is 0 Å². The number of aliphatic hydroxyl groups is 1. The summed E-state index contributed by atoms with van der Waals surface area (Å²) in [6.45, 7) is 5.09. The predicted molar refractivity (Wildman–Crippen MR) is 112 cm³/mol. The number of methoxy groups -OCH3 is 2. The number of nitrogens with zero attached hydrogens (tertiary/aromatic N) is 2. The van der Waals surface area contributed by atoms with Crippen LogP contribution in [0, 0.1) is 0 Å². The minimum Gasteiger partial charge on any atom is -0.496 e. The molecule has 1 heterocycles. The SMILES string of the molecule is COc1cccc2c1C(=O)c1c(OC)cc(CN3CCN(CCO)CC3)cc1C2=O. The highest BCUT2D eigenvalue weighted by Crippen LogP contribution is 2.38. The highest BCUT2D eigenvalue weighted by Gasteiger charge is 2.35. The average Bonchev–Trinajstić information content (AvgIpc) is 2.77. The number of β-amino-alcohol motifs (C(OH)–C–C–N with tert-alkyl or cyclic N) is 1. The number of carbonyl (C=O) groups is 2. The molecule has 0 radical (unpaired) electrons. The van der Waals surface area contributed by atoms with Gasteiger partial charge in [-0.15, -0.1) is 0 Å². The lowest BCUT2D eigenvalue weighted by Crippen LogP contribution is -2.46. The van der Waals surface area contributed by atoms with Crippen LogP contribution >= 0.6 is 0 Å². The molecule has 2 aromatic carbocycles. The summed E-state index contributed by atoms with van der Waals surface area (Å²) in [5, 5.41) is 9.10. The van der Waals surface area contributed by atoms with E-state index in [4.69, 9.17) is 14.6 Å². The van der Waals surface area contributed by atoms with Crippen LogP contribution in [0.25, 0.3) is 0 Å². The normalized spacial score (nSPS) is 16.9. The van der Waals surface area contributed by atoms with Crippen LogP contribution in [-0.2, 0) is 6.54 Å². The molecule has 0 aromatic heterocycles. The third kappa shape index (κ3) is 3.60. The van der Waals surface area contributed by atoms with Gasteiger partial charge in [0, 0.05) is 50.4 Å². The van der Waals surface area contributed by atoms with E-state index in [1.165, 1.54) is 14.2 Å². The Morgan fingerprint density at radius 3 is 2.20 bits per heavy atom. The van der Waals surface area contributed by atoms with E-state index >= 15 is 0 Å². The Morgan fingerprint density at radius 1 is 0.867 bits per heavy atom. The molecule has 1 aliphatic carbocycles. The zero-order chi connectivity index (χ0) is 21.3. The molecule has 0 atom stereocenters. The molecule has 1 saturated heterocycles. The number of rotatable bonds is 6. The Labute approximate surface area is 175 Å². The lowest BCUT2D eigenvalue weighted by atomic mass is 9.82. The standard InChI is InChI=1S/C23H26N2O5/c1-29-18-5-3-4-16-20(18)23(28)21-17(22(16)27)12-15(13-19(21)30-2)14-25-8-6-24(7-9-25)10-11-26/h3-5,12-13,26H,6-11,14H2,1-2H3. The molecule has 1 aliphatic heterocycles. The van der Waals surface area contributed by atoms with Crippen LogP contribution in [0.3, 0.4) is 0 Å². The van der Waals surface area contributed by atoms with E-state index in [0.717, 1.165) is 31.7 Å². The van der Waals surface area contributed by atoms with Crippen molar-refractivity contribution in [2.45, 2.75) is 6.54 Å². The first-order valence-electron chi connectivity index (χ1n) is 10.1. The lowest BCUT2D eigenvalue weighted by molar-refractivity contribution is 0.0973. The van der Waals surface area contributed by atoms with Crippen molar-refractivity contribution in [1.82, 2.24) is 9.80 Å². The molecule has 0 bridgehead atoms. The third-order valence-corrected chi connectivity index (χ3v) is 5.86. The van der Waals surface area contributed by atoms with Gasteiger partial charge in [0.2, 0.25) is 5.78 Å². The Kier molecular flexibility index (Phi) is 5.85. The molecule has 1 N–H and O–H groups in total. The minimum atomic E-state index is -0.252. The van der Waals surface area contributed by atoms with Crippen LogP contribution in [0.15, 0.2) is 30.3 Å². The molecule has 0 unspecified atom stereocenters. The summed E-state index contributed by atoms with van der Waals surface area (Å²) < 4.78 is 10.9. The Hall–Kier alpha value is -2.74. The summed E-state index contributed by atoms with van der Waals surface area (Å²) in [7, 11) is 3.01. The summed E-state index contributed by atoms with van der Waals surface area (Å²) >= 11 is 0. The third-order valence-electron chi connectivity index (χ3n) is 5.86. The summed E-state index contributed by atoms with van der Waals surface area (Å²) in [4.78, 5) is 31.0. The van der Waals surface area contributed by atoms with Gasteiger partial charge in [0.25, 0.3) is 0 Å². The lowest BCUT2D eigenvalue weighted by Gasteiger charge is -2.34. The summed E-state index contributed by atoms with van der Waals surface area (Å²) in [5.74, 6) is 0.365. The Morgan fingerprint density at radius 2 is 1.53 bits per heavy atom. The van der Waals surface area contributed by atoms with Crippen molar-refractivity contribution in [3.05, 3.63) is 58.1 Å². The highest BCUT2D eigenvalue weighted by atomic mass is 16.5. The molecule has 1 fully saturated rings. The van der Waals surface area contributed by atoms with Gasteiger partial charge in [-0.3, -0.25) is 19.4 Å². The molecule has 30 heavy (non-hydrogen) atoms. The molecule has 0 amide bonds. The van der Waals surface area contributed by atoms with Gasteiger partial charge in [-0.05, 0) is 23.8 Å². The van der Waals surface area contributed by atoms with Crippen molar-refractivity contribution >= 4 is 11.6 Å². The number of fused-ring (bicyclic) bond motifs is 2. The Bertz CT molecular complexity index is 980. The first-order valence-corrected chi connectivity index (χ1v) is 10.1. The van der Waals surface area contributed by atoms with Crippen molar-refractivity contribution in [3.8, 4) is 11.5 Å². The van der Waals surface area contributed by atoms with E-state index < -0.39 is 0 Å². The minimum absolute atomic E-state index is 0.171. The predicted octanol–water partition coefficient (Wildman–Crippen LogP) is 1.59. The smallest absolute Gasteiger partial charge is 0.201 e. The highest BCUT2D eigenvalue weighted by molar-refractivity contribution is 6.30. The molecule has 4 rings (SSSR count). The second kappa shape index (κ2) is 8.55. The number of piperazine rings is 1. The molecule has 2 aromatic rings. The van der Waals surface area contributed by atoms with Gasteiger partial charge >= 0.3 is 0 Å². The van der Waals surface area contributed by atoms with Crippen LogP contribution in [0.4, 0.5) is 0 Å². The average molecular weight is 410 g/mol. The van der Waals surface area contributed by atoms with Crippen molar-refractivity contribution in [2.24, 2.45) is 0 Å². The van der Waals surface area contributed by atoms with Crippen molar-refractivity contribution in [3.63, 3.8) is 0 Å². The Balaban J connectivity index is 1.65. The number of hydrogen-bond acceptors (Lipinski definition) is 7. The molecule has 158 valence electrons. The van der Waals surface area contributed by atoms with E-state index in [1.807, 2.05) is 12.1 Å². The van der Waals surface area contributed by atoms with Gasteiger partial charge in [0.05, 0.1) is 32.0 Å². The van der Waals surface area contributed by atoms with Crippen LogP contribution in [-0.4, -0.2) is 80.0 Å². The first-order chi connectivity index (χ1) is 14.6. The maximum atomic E-state index is 13.3. The largest absolute Gasteiger partial charge is 0.496 e. The molecular weight excluding hydrogens is 384 g/mol. The molecule has 0 saturated carbocycles. The fraction of sp³-hybridized carbons (Fsp3) is 0.391. The first kappa shape index (κ1) is 20.5. The number of ketones is 2. The zero-order valence-corrected chi connectivity index (χ0v) is 17.3. The molecule has 7 heteroatoms. The number of hydrogen-bond donors (Lipinski definition) is 1. The van der Waals surface area contributed by atoms with Gasteiger partial charge in [-0.1, -0.05) is 12.1 Å². The van der Waals surface area contributed by atoms with Gasteiger partial charge < -0.3 is 14.6 Å². The summed E-state index contributed by atoms with van der Waals surface area (Å²) in [6, 6.07) is 8.75.